The van der Waals surface area contributed by atoms with Crippen LogP contribution < -0.4 is 0 Å². The number of nitrogens with zero attached hydrogens (tertiary/aromatic N) is 5. The Balaban J connectivity index is 1.47. The average molecular weight is 355 g/mol. The molecule has 4 rings (SSSR count). The van der Waals surface area contributed by atoms with E-state index < -0.39 is 0 Å². The minimum atomic E-state index is 0.435. The van der Waals surface area contributed by atoms with Gasteiger partial charge >= 0.3 is 0 Å². The molecule has 0 amide bonds. The van der Waals surface area contributed by atoms with Crippen molar-refractivity contribution in [3.05, 3.63) is 41.8 Å². The quantitative estimate of drug-likeness (QED) is 0.630. The number of aromatic nitrogens is 5. The first-order valence-electron chi connectivity index (χ1n) is 8.73. The van der Waals surface area contributed by atoms with E-state index in [0.29, 0.717) is 17.7 Å². The number of thioether (sulfide) groups is 1. The molecule has 0 unspecified atom stereocenters. The van der Waals surface area contributed by atoms with Crippen LogP contribution in [-0.2, 0) is 5.75 Å². The number of benzene rings is 1. The van der Waals surface area contributed by atoms with Crippen molar-refractivity contribution in [2.75, 3.05) is 0 Å². The van der Waals surface area contributed by atoms with E-state index >= 15 is 0 Å². The van der Waals surface area contributed by atoms with Crippen LogP contribution in [0.1, 0.15) is 49.6 Å². The summed E-state index contributed by atoms with van der Waals surface area (Å²) in [5.41, 5.74) is 1.94. The van der Waals surface area contributed by atoms with Crippen LogP contribution in [0.15, 0.2) is 39.9 Å². The van der Waals surface area contributed by atoms with E-state index in [4.69, 9.17) is 4.42 Å². The lowest BCUT2D eigenvalue weighted by molar-refractivity contribution is 0.307. The number of rotatable bonds is 5. The van der Waals surface area contributed by atoms with Gasteiger partial charge in [-0.1, -0.05) is 49.2 Å². The average Bonchev–Trinajstić information content (AvgIpc) is 3.28. The summed E-state index contributed by atoms with van der Waals surface area (Å²) in [6.07, 6.45) is 6.18. The van der Waals surface area contributed by atoms with Gasteiger partial charge in [0.05, 0.1) is 11.7 Å². The lowest BCUT2D eigenvalue weighted by atomic mass is 9.96. The van der Waals surface area contributed by atoms with Gasteiger partial charge in [0.15, 0.2) is 0 Å². The first kappa shape index (κ1) is 16.3. The van der Waals surface area contributed by atoms with Gasteiger partial charge in [-0.15, -0.1) is 5.10 Å². The van der Waals surface area contributed by atoms with E-state index in [-0.39, 0.29) is 0 Å². The third-order valence-corrected chi connectivity index (χ3v) is 5.58. The van der Waals surface area contributed by atoms with Gasteiger partial charge in [0.2, 0.25) is 11.0 Å². The van der Waals surface area contributed by atoms with Crippen LogP contribution in [0.5, 0.6) is 0 Å². The number of hydrogen-bond acceptors (Lipinski definition) is 6. The van der Waals surface area contributed by atoms with Gasteiger partial charge in [0.1, 0.15) is 5.76 Å². The van der Waals surface area contributed by atoms with E-state index in [1.54, 1.807) is 11.8 Å². The third-order valence-electron chi connectivity index (χ3n) is 4.63. The van der Waals surface area contributed by atoms with E-state index in [9.17, 15) is 0 Å². The fourth-order valence-electron chi connectivity index (χ4n) is 3.23. The highest BCUT2D eigenvalue weighted by Crippen LogP contribution is 2.32. The van der Waals surface area contributed by atoms with Gasteiger partial charge < -0.3 is 4.42 Å². The molecule has 25 heavy (non-hydrogen) atoms. The molecular formula is C18H21N5OS. The molecule has 0 saturated heterocycles. The Bertz CT molecular complexity index is 823. The van der Waals surface area contributed by atoms with Crippen LogP contribution in [0.3, 0.4) is 0 Å². The first-order valence-corrected chi connectivity index (χ1v) is 9.72. The van der Waals surface area contributed by atoms with Crippen molar-refractivity contribution in [3.8, 4) is 11.5 Å². The molecule has 130 valence electrons. The van der Waals surface area contributed by atoms with Crippen molar-refractivity contribution in [2.24, 2.45) is 0 Å². The Morgan fingerprint density at radius 2 is 1.96 bits per heavy atom. The molecule has 1 fully saturated rings. The van der Waals surface area contributed by atoms with Gasteiger partial charge in [-0.05, 0) is 42.3 Å². The number of hydrogen-bond donors (Lipinski definition) is 0. The molecule has 0 radical (unpaired) electrons. The van der Waals surface area contributed by atoms with Gasteiger partial charge in [0.25, 0.3) is 0 Å². The number of oxazole rings is 1. The van der Waals surface area contributed by atoms with Gasteiger partial charge in [-0.2, -0.15) is 0 Å². The van der Waals surface area contributed by atoms with Crippen molar-refractivity contribution in [3.63, 3.8) is 0 Å². The predicted molar refractivity (Wildman–Crippen MR) is 96.2 cm³/mol. The largest absolute Gasteiger partial charge is 0.441 e. The van der Waals surface area contributed by atoms with Gasteiger partial charge in [-0.25, -0.2) is 9.67 Å². The summed E-state index contributed by atoms with van der Waals surface area (Å²) in [6, 6.07) is 10.4. The van der Waals surface area contributed by atoms with Crippen LogP contribution in [-0.4, -0.2) is 25.2 Å². The van der Waals surface area contributed by atoms with Crippen molar-refractivity contribution in [1.82, 2.24) is 25.2 Å². The Hall–Kier alpha value is -2.15. The first-order chi connectivity index (χ1) is 12.3. The second-order valence-corrected chi connectivity index (χ2v) is 7.32. The maximum Gasteiger partial charge on any atom is 0.226 e. The Morgan fingerprint density at radius 3 is 2.76 bits per heavy atom. The fraction of sp³-hybridized carbons (Fsp3) is 0.444. The highest BCUT2D eigenvalue weighted by Gasteiger charge is 2.21. The summed E-state index contributed by atoms with van der Waals surface area (Å²) in [6.45, 7) is 1.96. The third kappa shape index (κ3) is 3.61. The standard InChI is InChI=1S/C18H21N5OS/c1-13-16(19-17(24-13)14-8-4-2-5-9-14)12-25-18-20-21-22-23(18)15-10-6-3-7-11-15/h2,4-5,8-9,15H,3,6-7,10-12H2,1H3. The second-order valence-electron chi connectivity index (χ2n) is 6.37. The SMILES string of the molecule is Cc1oc(-c2ccccc2)nc1CSc1nnnn1C1CCCCC1. The summed E-state index contributed by atoms with van der Waals surface area (Å²) < 4.78 is 7.83. The second kappa shape index (κ2) is 7.39. The highest BCUT2D eigenvalue weighted by molar-refractivity contribution is 7.98. The minimum absolute atomic E-state index is 0.435. The molecule has 1 aromatic carbocycles. The lowest BCUT2D eigenvalue weighted by Crippen LogP contribution is -2.15. The predicted octanol–water partition coefficient (Wildman–Crippen LogP) is 4.43. The molecule has 0 atom stereocenters. The maximum absolute atomic E-state index is 5.83. The molecule has 1 aliphatic carbocycles. The zero-order chi connectivity index (χ0) is 17.1. The molecule has 1 aliphatic rings. The molecule has 1 saturated carbocycles. The fourth-order valence-corrected chi connectivity index (χ4v) is 4.18. The van der Waals surface area contributed by atoms with Crippen LogP contribution in [0.25, 0.3) is 11.5 Å². The smallest absolute Gasteiger partial charge is 0.226 e. The summed E-state index contributed by atoms with van der Waals surface area (Å²) in [4.78, 5) is 4.66. The van der Waals surface area contributed by atoms with Gasteiger partial charge in [-0.3, -0.25) is 0 Å². The summed E-state index contributed by atoms with van der Waals surface area (Å²) >= 11 is 1.63. The van der Waals surface area contributed by atoms with E-state index in [0.717, 1.165) is 22.2 Å². The maximum atomic E-state index is 5.83. The van der Waals surface area contributed by atoms with Crippen molar-refractivity contribution in [1.29, 1.82) is 0 Å². The van der Waals surface area contributed by atoms with Crippen LogP contribution in [0, 0.1) is 6.92 Å². The molecule has 0 spiro atoms. The lowest BCUT2D eigenvalue weighted by Gasteiger charge is -2.21. The summed E-state index contributed by atoms with van der Waals surface area (Å²) in [7, 11) is 0. The molecule has 2 heterocycles. The monoisotopic (exact) mass is 355 g/mol. The van der Waals surface area contributed by atoms with Crippen molar-refractivity contribution >= 4 is 11.8 Å². The Kier molecular flexibility index (Phi) is 4.83. The molecule has 3 aromatic rings. The molecular weight excluding hydrogens is 334 g/mol. The van der Waals surface area contributed by atoms with E-state index in [1.165, 1.54) is 32.1 Å². The normalized spacial score (nSPS) is 15.6. The molecule has 0 bridgehead atoms. The van der Waals surface area contributed by atoms with Gasteiger partial charge in [0, 0.05) is 11.3 Å². The highest BCUT2D eigenvalue weighted by atomic mass is 32.2. The Morgan fingerprint density at radius 1 is 1.16 bits per heavy atom. The van der Waals surface area contributed by atoms with Crippen LogP contribution in [0.4, 0.5) is 0 Å². The number of tetrazole rings is 1. The minimum Gasteiger partial charge on any atom is -0.441 e. The topological polar surface area (TPSA) is 69.6 Å². The zero-order valence-corrected chi connectivity index (χ0v) is 15.1. The number of aryl methyl sites for hydroxylation is 1. The van der Waals surface area contributed by atoms with Crippen molar-refractivity contribution in [2.45, 2.75) is 56.0 Å². The van der Waals surface area contributed by atoms with E-state index in [2.05, 4.69) is 20.5 Å². The Labute approximate surface area is 151 Å². The summed E-state index contributed by atoms with van der Waals surface area (Å²) in [5, 5.41) is 13.2. The molecule has 6 nitrogen and oxygen atoms in total. The van der Waals surface area contributed by atoms with E-state index in [1.807, 2.05) is 41.9 Å². The van der Waals surface area contributed by atoms with Crippen molar-refractivity contribution < 1.29 is 4.42 Å². The van der Waals surface area contributed by atoms with Crippen LogP contribution in [0.2, 0.25) is 0 Å². The summed E-state index contributed by atoms with van der Waals surface area (Å²) in [5.74, 6) is 2.22. The molecule has 2 aromatic heterocycles. The molecule has 7 heteroatoms. The molecule has 0 aliphatic heterocycles. The zero-order valence-electron chi connectivity index (χ0n) is 14.3. The molecule has 0 N–H and O–H groups in total. The van der Waals surface area contributed by atoms with Crippen LogP contribution >= 0.6 is 11.8 Å².